The number of carbonyl (C=O) groups excluding carboxylic acids is 1. The van der Waals surface area contributed by atoms with E-state index in [2.05, 4.69) is 0 Å². The summed E-state index contributed by atoms with van der Waals surface area (Å²) < 4.78 is 33.9. The molecule has 0 saturated heterocycles. The molecule has 1 aromatic carbocycles. The van der Waals surface area contributed by atoms with Crippen LogP contribution >= 0.6 is 0 Å². The first-order valence-corrected chi connectivity index (χ1v) is 6.19. The van der Waals surface area contributed by atoms with Gasteiger partial charge in [0.05, 0.1) is 5.56 Å². The van der Waals surface area contributed by atoms with Gasteiger partial charge in [-0.1, -0.05) is 18.2 Å². The molecule has 5 nitrogen and oxygen atoms in total. The minimum atomic E-state index is -4.09. The van der Waals surface area contributed by atoms with Crippen molar-refractivity contribution in [1.29, 1.82) is 0 Å². The molecule has 0 fully saturated rings. The van der Waals surface area contributed by atoms with Crippen molar-refractivity contribution in [2.75, 3.05) is 12.4 Å². The zero-order valence-corrected chi connectivity index (χ0v) is 9.53. The fourth-order valence-electron chi connectivity index (χ4n) is 1.12. The van der Waals surface area contributed by atoms with Gasteiger partial charge in [-0.15, -0.1) is 0 Å². The van der Waals surface area contributed by atoms with Crippen LogP contribution in [0.1, 0.15) is 15.9 Å². The Morgan fingerprint density at radius 3 is 2.56 bits per heavy atom. The predicted molar refractivity (Wildman–Crippen MR) is 57.9 cm³/mol. The molecule has 0 aromatic heterocycles. The summed E-state index contributed by atoms with van der Waals surface area (Å²) in [5.74, 6) is -1.19. The van der Waals surface area contributed by atoms with Crippen LogP contribution in [0.4, 0.5) is 0 Å². The van der Waals surface area contributed by atoms with Crippen LogP contribution in [-0.4, -0.2) is 31.3 Å². The fourth-order valence-corrected chi connectivity index (χ4v) is 1.41. The summed E-state index contributed by atoms with van der Waals surface area (Å²) in [5, 5.41) is 0. The molecule has 88 valence electrons. The average molecular weight is 244 g/mol. The van der Waals surface area contributed by atoms with E-state index in [1.54, 1.807) is 31.2 Å². The molecule has 0 radical (unpaired) electrons. The lowest BCUT2D eigenvalue weighted by molar-refractivity contribution is 0.0527. The predicted octanol–water partition coefficient (Wildman–Crippen LogP) is 1.04. The second-order valence-electron chi connectivity index (χ2n) is 3.24. The Bertz CT molecular complexity index is 478. The Balaban J connectivity index is 2.57. The largest absolute Gasteiger partial charge is 0.461 e. The lowest BCUT2D eigenvalue weighted by atomic mass is 10.1. The molecule has 0 atom stereocenters. The zero-order valence-electron chi connectivity index (χ0n) is 8.71. The third-order valence-electron chi connectivity index (χ3n) is 1.94. The Morgan fingerprint density at radius 1 is 1.38 bits per heavy atom. The van der Waals surface area contributed by atoms with Crippen molar-refractivity contribution >= 4 is 16.1 Å². The van der Waals surface area contributed by atoms with Crippen LogP contribution in [-0.2, 0) is 14.9 Å². The lowest BCUT2D eigenvalue weighted by Crippen LogP contribution is -2.15. The Labute approximate surface area is 93.8 Å². The highest BCUT2D eigenvalue weighted by Crippen LogP contribution is 2.08. The topological polar surface area (TPSA) is 80.7 Å². The fraction of sp³-hybridized carbons (Fsp3) is 0.300. The zero-order chi connectivity index (χ0) is 12.2. The van der Waals surface area contributed by atoms with Gasteiger partial charge in [0.25, 0.3) is 10.1 Å². The van der Waals surface area contributed by atoms with Gasteiger partial charge in [-0.25, -0.2) is 4.79 Å². The second kappa shape index (κ2) is 5.09. The number of ether oxygens (including phenoxy) is 1. The first kappa shape index (κ1) is 12.7. The van der Waals surface area contributed by atoms with Crippen molar-refractivity contribution in [3.8, 4) is 0 Å². The van der Waals surface area contributed by atoms with Crippen molar-refractivity contribution in [3.05, 3.63) is 35.4 Å². The van der Waals surface area contributed by atoms with E-state index in [-0.39, 0.29) is 6.61 Å². The number of aryl methyl sites for hydroxylation is 1. The van der Waals surface area contributed by atoms with Crippen LogP contribution in [0.25, 0.3) is 0 Å². The summed E-state index contributed by atoms with van der Waals surface area (Å²) >= 11 is 0. The normalized spacial score (nSPS) is 11.1. The van der Waals surface area contributed by atoms with Crippen LogP contribution in [0, 0.1) is 6.92 Å². The molecule has 0 aliphatic rings. The van der Waals surface area contributed by atoms with E-state index in [4.69, 9.17) is 9.29 Å². The highest BCUT2D eigenvalue weighted by atomic mass is 32.2. The molecule has 0 heterocycles. The number of rotatable bonds is 4. The maximum Gasteiger partial charge on any atom is 0.338 e. The van der Waals surface area contributed by atoms with Gasteiger partial charge in [-0.2, -0.15) is 8.42 Å². The van der Waals surface area contributed by atoms with E-state index in [1.165, 1.54) is 0 Å². The monoisotopic (exact) mass is 244 g/mol. The van der Waals surface area contributed by atoms with Crippen molar-refractivity contribution in [3.63, 3.8) is 0 Å². The van der Waals surface area contributed by atoms with Crippen molar-refractivity contribution < 1.29 is 22.5 Å². The Hall–Kier alpha value is -1.40. The number of hydrogen-bond acceptors (Lipinski definition) is 4. The molecule has 0 aliphatic heterocycles. The molecule has 6 heteroatoms. The number of esters is 1. The van der Waals surface area contributed by atoms with Crippen molar-refractivity contribution in [2.45, 2.75) is 6.92 Å². The maximum absolute atomic E-state index is 11.5. The van der Waals surface area contributed by atoms with Crippen LogP contribution in [0.5, 0.6) is 0 Å². The van der Waals surface area contributed by atoms with Crippen LogP contribution < -0.4 is 0 Å². The number of carbonyl (C=O) groups is 1. The quantitative estimate of drug-likeness (QED) is 0.632. The van der Waals surface area contributed by atoms with Gasteiger partial charge >= 0.3 is 5.97 Å². The molecular formula is C10H12O5S. The van der Waals surface area contributed by atoms with E-state index in [0.717, 1.165) is 5.56 Å². The molecule has 0 bridgehead atoms. The lowest BCUT2D eigenvalue weighted by Gasteiger charge is -2.05. The van der Waals surface area contributed by atoms with E-state index in [0.29, 0.717) is 5.56 Å². The third-order valence-corrected chi connectivity index (χ3v) is 2.62. The Morgan fingerprint density at radius 2 is 2.00 bits per heavy atom. The van der Waals surface area contributed by atoms with Crippen LogP contribution in [0.15, 0.2) is 24.3 Å². The van der Waals surface area contributed by atoms with Crippen molar-refractivity contribution in [1.82, 2.24) is 0 Å². The van der Waals surface area contributed by atoms with Gasteiger partial charge in [0.1, 0.15) is 12.4 Å². The standard InChI is InChI=1S/C10H12O5S/c1-8-4-2-3-5-9(8)10(11)15-6-7-16(12,13)14/h2-5H,6-7H2,1H3,(H,12,13,14). The SMILES string of the molecule is Cc1ccccc1C(=O)OCCS(=O)(=O)O. The molecule has 0 unspecified atom stereocenters. The van der Waals surface area contributed by atoms with E-state index in [9.17, 15) is 13.2 Å². The third kappa shape index (κ3) is 4.00. The highest BCUT2D eigenvalue weighted by Gasteiger charge is 2.11. The highest BCUT2D eigenvalue weighted by molar-refractivity contribution is 7.85. The summed E-state index contributed by atoms with van der Waals surface area (Å²) in [6.07, 6.45) is 0. The molecule has 1 aromatic rings. The molecule has 0 saturated carbocycles. The smallest absolute Gasteiger partial charge is 0.338 e. The molecule has 1 rings (SSSR count). The minimum Gasteiger partial charge on any atom is -0.461 e. The van der Waals surface area contributed by atoms with Crippen LogP contribution in [0.3, 0.4) is 0 Å². The number of benzene rings is 1. The molecule has 0 spiro atoms. The summed E-state index contributed by atoms with van der Waals surface area (Å²) in [6.45, 7) is 1.39. The first-order chi connectivity index (χ1) is 7.40. The van der Waals surface area contributed by atoms with E-state index < -0.39 is 21.8 Å². The van der Waals surface area contributed by atoms with E-state index >= 15 is 0 Å². The summed E-state index contributed by atoms with van der Waals surface area (Å²) in [4.78, 5) is 11.5. The van der Waals surface area contributed by atoms with Gasteiger partial charge in [-0.3, -0.25) is 4.55 Å². The number of hydrogen-bond donors (Lipinski definition) is 1. The van der Waals surface area contributed by atoms with Gasteiger partial charge in [0.2, 0.25) is 0 Å². The molecule has 1 N–H and O–H groups in total. The van der Waals surface area contributed by atoms with Gasteiger partial charge in [0.15, 0.2) is 0 Å². The molecule has 0 amide bonds. The van der Waals surface area contributed by atoms with Gasteiger partial charge in [-0.05, 0) is 18.6 Å². The maximum atomic E-state index is 11.5. The summed E-state index contributed by atoms with van der Waals surface area (Å²) in [5.41, 5.74) is 1.14. The first-order valence-electron chi connectivity index (χ1n) is 4.58. The van der Waals surface area contributed by atoms with Gasteiger partial charge in [0, 0.05) is 0 Å². The molecule has 0 aliphatic carbocycles. The minimum absolute atomic E-state index is 0.355. The summed E-state index contributed by atoms with van der Waals surface area (Å²) in [7, 11) is -4.09. The molecule has 16 heavy (non-hydrogen) atoms. The van der Waals surface area contributed by atoms with Gasteiger partial charge < -0.3 is 4.74 Å². The van der Waals surface area contributed by atoms with Crippen LogP contribution in [0.2, 0.25) is 0 Å². The van der Waals surface area contributed by atoms with Crippen molar-refractivity contribution in [2.24, 2.45) is 0 Å². The summed E-state index contributed by atoms with van der Waals surface area (Å²) in [6, 6.07) is 6.81. The molecular weight excluding hydrogens is 232 g/mol. The average Bonchev–Trinajstić information content (AvgIpc) is 2.16. The second-order valence-corrected chi connectivity index (χ2v) is 4.81. The Kier molecular flexibility index (Phi) is 4.03. The van der Waals surface area contributed by atoms with E-state index in [1.807, 2.05) is 0 Å².